The maximum atomic E-state index is 10.8. The Balaban J connectivity index is 2.35. The molecule has 0 aromatic rings. The summed E-state index contributed by atoms with van der Waals surface area (Å²) in [6.45, 7) is 7.64. The van der Waals surface area contributed by atoms with Crippen molar-refractivity contribution in [3.63, 3.8) is 0 Å². The SMILES string of the molecule is C=CC(=O)OC1C(CC)C1CC. The number of hydrogen-bond donors (Lipinski definition) is 0. The van der Waals surface area contributed by atoms with Crippen LogP contribution >= 0.6 is 0 Å². The van der Waals surface area contributed by atoms with Crippen LogP contribution in [0.25, 0.3) is 0 Å². The van der Waals surface area contributed by atoms with Gasteiger partial charge in [0.25, 0.3) is 0 Å². The van der Waals surface area contributed by atoms with Crippen molar-refractivity contribution in [1.29, 1.82) is 0 Å². The number of carbonyl (C=O) groups is 1. The summed E-state index contributed by atoms with van der Waals surface area (Å²) >= 11 is 0. The molecule has 1 rings (SSSR count). The lowest BCUT2D eigenvalue weighted by Gasteiger charge is -1.98. The van der Waals surface area contributed by atoms with Crippen molar-refractivity contribution in [3.05, 3.63) is 12.7 Å². The van der Waals surface area contributed by atoms with Crippen molar-refractivity contribution >= 4 is 5.97 Å². The van der Waals surface area contributed by atoms with E-state index in [1.807, 2.05) is 0 Å². The average molecular weight is 168 g/mol. The van der Waals surface area contributed by atoms with E-state index in [9.17, 15) is 4.79 Å². The Hall–Kier alpha value is -0.790. The molecule has 0 N–H and O–H groups in total. The highest BCUT2D eigenvalue weighted by molar-refractivity contribution is 5.81. The Kier molecular flexibility index (Phi) is 2.90. The molecule has 1 fully saturated rings. The zero-order valence-corrected chi connectivity index (χ0v) is 7.75. The summed E-state index contributed by atoms with van der Waals surface area (Å²) in [5.74, 6) is 0.909. The topological polar surface area (TPSA) is 26.3 Å². The first-order valence-electron chi connectivity index (χ1n) is 4.57. The molecular weight excluding hydrogens is 152 g/mol. The van der Waals surface area contributed by atoms with Gasteiger partial charge in [0.1, 0.15) is 6.10 Å². The molecule has 1 aliphatic carbocycles. The number of rotatable bonds is 4. The molecule has 0 heterocycles. The first kappa shape index (κ1) is 9.30. The normalized spacial score (nSPS) is 32.7. The van der Waals surface area contributed by atoms with Gasteiger partial charge < -0.3 is 4.74 Å². The highest BCUT2D eigenvalue weighted by Crippen LogP contribution is 2.46. The van der Waals surface area contributed by atoms with Gasteiger partial charge in [-0.25, -0.2) is 4.79 Å². The van der Waals surface area contributed by atoms with Gasteiger partial charge >= 0.3 is 5.97 Å². The van der Waals surface area contributed by atoms with Gasteiger partial charge in [0.05, 0.1) is 0 Å². The van der Waals surface area contributed by atoms with Gasteiger partial charge in [0.2, 0.25) is 0 Å². The van der Waals surface area contributed by atoms with E-state index in [1.165, 1.54) is 6.08 Å². The number of esters is 1. The molecule has 0 saturated heterocycles. The summed E-state index contributed by atoms with van der Waals surface area (Å²) < 4.78 is 5.16. The maximum Gasteiger partial charge on any atom is 0.330 e. The van der Waals surface area contributed by atoms with Crippen molar-refractivity contribution in [3.8, 4) is 0 Å². The second kappa shape index (κ2) is 3.74. The average Bonchev–Trinajstić information content (AvgIpc) is 2.77. The molecule has 0 spiro atoms. The van der Waals surface area contributed by atoms with E-state index < -0.39 is 0 Å². The van der Waals surface area contributed by atoms with Crippen LogP contribution in [-0.4, -0.2) is 12.1 Å². The van der Waals surface area contributed by atoms with Gasteiger partial charge in [-0.15, -0.1) is 0 Å². The minimum absolute atomic E-state index is 0.172. The fraction of sp³-hybridized carbons (Fsp3) is 0.700. The molecule has 2 unspecified atom stereocenters. The lowest BCUT2D eigenvalue weighted by atomic mass is 10.2. The third-order valence-electron chi connectivity index (χ3n) is 2.61. The summed E-state index contributed by atoms with van der Waals surface area (Å²) in [4.78, 5) is 10.8. The Bertz CT molecular complexity index is 176. The second-order valence-electron chi connectivity index (χ2n) is 3.25. The molecule has 68 valence electrons. The van der Waals surface area contributed by atoms with Crippen LogP contribution in [0.1, 0.15) is 26.7 Å². The van der Waals surface area contributed by atoms with Gasteiger partial charge in [-0.2, -0.15) is 0 Å². The smallest absolute Gasteiger partial charge is 0.330 e. The van der Waals surface area contributed by atoms with Crippen molar-refractivity contribution in [2.24, 2.45) is 11.8 Å². The minimum atomic E-state index is -0.283. The molecule has 0 radical (unpaired) electrons. The van der Waals surface area contributed by atoms with E-state index in [-0.39, 0.29) is 12.1 Å². The standard InChI is InChI=1S/C10H16O2/c1-4-7-8(5-2)10(7)12-9(11)6-3/h6-8,10H,3-5H2,1-2H3. The van der Waals surface area contributed by atoms with Gasteiger partial charge in [-0.3, -0.25) is 0 Å². The van der Waals surface area contributed by atoms with E-state index in [2.05, 4.69) is 20.4 Å². The maximum absolute atomic E-state index is 10.8. The molecule has 2 heteroatoms. The Morgan fingerprint density at radius 1 is 1.42 bits per heavy atom. The molecule has 1 aliphatic rings. The fourth-order valence-corrected chi connectivity index (χ4v) is 1.84. The number of carbonyl (C=O) groups excluding carboxylic acids is 1. The first-order chi connectivity index (χ1) is 5.74. The van der Waals surface area contributed by atoms with Crippen LogP contribution < -0.4 is 0 Å². The molecule has 2 nitrogen and oxygen atoms in total. The molecular formula is C10H16O2. The largest absolute Gasteiger partial charge is 0.459 e. The molecule has 12 heavy (non-hydrogen) atoms. The lowest BCUT2D eigenvalue weighted by molar-refractivity contribution is -0.139. The highest BCUT2D eigenvalue weighted by atomic mass is 16.5. The van der Waals surface area contributed by atoms with Crippen molar-refractivity contribution in [2.45, 2.75) is 32.8 Å². The van der Waals surface area contributed by atoms with E-state index >= 15 is 0 Å². The number of hydrogen-bond acceptors (Lipinski definition) is 2. The predicted octanol–water partition coefficient (Wildman–Crippen LogP) is 2.15. The van der Waals surface area contributed by atoms with Gasteiger partial charge in [-0.05, 0) is 12.8 Å². The van der Waals surface area contributed by atoms with Crippen LogP contribution in [-0.2, 0) is 9.53 Å². The molecule has 2 atom stereocenters. The minimum Gasteiger partial charge on any atom is -0.459 e. The van der Waals surface area contributed by atoms with Crippen LogP contribution in [0.15, 0.2) is 12.7 Å². The van der Waals surface area contributed by atoms with E-state index in [0.717, 1.165) is 12.8 Å². The second-order valence-corrected chi connectivity index (χ2v) is 3.25. The summed E-state index contributed by atoms with van der Waals surface area (Å²) in [5, 5.41) is 0. The molecule has 0 aliphatic heterocycles. The zero-order chi connectivity index (χ0) is 9.14. The molecule has 0 aromatic heterocycles. The van der Waals surface area contributed by atoms with E-state index in [1.54, 1.807) is 0 Å². The molecule has 0 aromatic carbocycles. The monoisotopic (exact) mass is 168 g/mol. The van der Waals surface area contributed by atoms with Crippen molar-refractivity contribution in [2.75, 3.05) is 0 Å². The van der Waals surface area contributed by atoms with Crippen LogP contribution in [0.4, 0.5) is 0 Å². The van der Waals surface area contributed by atoms with Crippen LogP contribution in [0.5, 0.6) is 0 Å². The lowest BCUT2D eigenvalue weighted by Crippen LogP contribution is -2.04. The zero-order valence-electron chi connectivity index (χ0n) is 7.75. The third-order valence-corrected chi connectivity index (χ3v) is 2.61. The molecule has 0 bridgehead atoms. The van der Waals surface area contributed by atoms with Gasteiger partial charge in [0, 0.05) is 17.9 Å². The Morgan fingerprint density at radius 2 is 1.92 bits per heavy atom. The quantitative estimate of drug-likeness (QED) is 0.475. The van der Waals surface area contributed by atoms with Crippen LogP contribution in [0.2, 0.25) is 0 Å². The summed E-state index contributed by atoms with van der Waals surface area (Å²) in [7, 11) is 0. The highest BCUT2D eigenvalue weighted by Gasteiger charge is 2.50. The van der Waals surface area contributed by atoms with E-state index in [4.69, 9.17) is 4.74 Å². The van der Waals surface area contributed by atoms with Gasteiger partial charge in [0.15, 0.2) is 0 Å². The Morgan fingerprint density at radius 3 is 2.25 bits per heavy atom. The van der Waals surface area contributed by atoms with Crippen molar-refractivity contribution < 1.29 is 9.53 Å². The van der Waals surface area contributed by atoms with Crippen molar-refractivity contribution in [1.82, 2.24) is 0 Å². The van der Waals surface area contributed by atoms with Gasteiger partial charge in [-0.1, -0.05) is 20.4 Å². The number of ether oxygens (including phenoxy) is 1. The van der Waals surface area contributed by atoms with E-state index in [0.29, 0.717) is 11.8 Å². The summed E-state index contributed by atoms with van der Waals surface area (Å²) in [6, 6.07) is 0. The summed E-state index contributed by atoms with van der Waals surface area (Å²) in [5.41, 5.74) is 0. The molecule has 1 saturated carbocycles. The third kappa shape index (κ3) is 1.68. The Labute approximate surface area is 73.6 Å². The van der Waals surface area contributed by atoms with Crippen LogP contribution in [0, 0.1) is 11.8 Å². The van der Waals surface area contributed by atoms with Crippen LogP contribution in [0.3, 0.4) is 0 Å². The first-order valence-corrected chi connectivity index (χ1v) is 4.57. The predicted molar refractivity (Wildman–Crippen MR) is 47.6 cm³/mol. The summed E-state index contributed by atoms with van der Waals surface area (Å²) in [6.07, 6.45) is 3.62. The molecule has 0 amide bonds. The fourth-order valence-electron chi connectivity index (χ4n) is 1.84.